The minimum Gasteiger partial charge on any atom is -0.494 e. The van der Waals surface area contributed by atoms with Crippen molar-refractivity contribution in [2.45, 2.75) is 95.2 Å². The van der Waals surface area contributed by atoms with Crippen LogP contribution in [0, 0.1) is 0 Å². The van der Waals surface area contributed by atoms with Crippen molar-refractivity contribution in [3.63, 3.8) is 0 Å². The minimum absolute atomic E-state index is 0.134. The highest BCUT2D eigenvalue weighted by molar-refractivity contribution is 7.99. The van der Waals surface area contributed by atoms with Gasteiger partial charge in [0.25, 0.3) is 0 Å². The summed E-state index contributed by atoms with van der Waals surface area (Å²) in [5, 5.41) is 0. The van der Waals surface area contributed by atoms with Gasteiger partial charge >= 0.3 is 0 Å². The van der Waals surface area contributed by atoms with Crippen LogP contribution in [-0.2, 0) is 16.6 Å². The summed E-state index contributed by atoms with van der Waals surface area (Å²) >= 11 is 1.96. The molecule has 2 aliphatic rings. The van der Waals surface area contributed by atoms with E-state index in [-0.39, 0.29) is 11.7 Å². The molecular formula is C43H50O3S. The Morgan fingerprint density at radius 2 is 1.53 bits per heavy atom. The fourth-order valence-electron chi connectivity index (χ4n) is 6.58. The molecule has 1 heterocycles. The maximum Gasteiger partial charge on any atom is 0.199 e. The Morgan fingerprint density at radius 1 is 0.745 bits per heavy atom. The summed E-state index contributed by atoms with van der Waals surface area (Å²) in [5.74, 6) is 3.00. The molecule has 3 nitrogen and oxygen atoms in total. The van der Waals surface area contributed by atoms with Crippen LogP contribution >= 0.6 is 11.8 Å². The van der Waals surface area contributed by atoms with E-state index in [0.717, 1.165) is 75.4 Å². The molecule has 1 saturated heterocycles. The van der Waals surface area contributed by atoms with Crippen molar-refractivity contribution < 1.29 is 14.2 Å². The molecule has 0 spiro atoms. The molecule has 0 N–H and O–H groups in total. The summed E-state index contributed by atoms with van der Waals surface area (Å²) < 4.78 is 18.3. The normalized spacial score (nSPS) is 16.8. The fraction of sp³-hybridized carbons (Fsp3) is 0.395. The van der Waals surface area contributed by atoms with Crippen LogP contribution in [-0.4, -0.2) is 25.3 Å². The second-order valence-corrected chi connectivity index (χ2v) is 15.0. The van der Waals surface area contributed by atoms with Gasteiger partial charge in [0.1, 0.15) is 11.5 Å². The number of aryl methyl sites for hydroxylation is 1. The molecule has 0 aromatic heterocycles. The lowest BCUT2D eigenvalue weighted by molar-refractivity contribution is -0.105. The quantitative estimate of drug-likeness (QED) is 0.113. The molecule has 0 amide bonds. The third-order valence-electron chi connectivity index (χ3n) is 9.24. The molecule has 0 saturated carbocycles. The minimum atomic E-state index is -0.134. The van der Waals surface area contributed by atoms with Crippen molar-refractivity contribution in [3.8, 4) is 11.5 Å². The number of hydrogen-bond donors (Lipinski definition) is 0. The van der Waals surface area contributed by atoms with Crippen LogP contribution in [0.4, 0.5) is 0 Å². The number of allylic oxidation sites excluding steroid dienone is 1. The lowest BCUT2D eigenvalue weighted by Gasteiger charge is -2.24. The highest BCUT2D eigenvalue weighted by Crippen LogP contribution is 2.41. The number of thioether (sulfide) groups is 1. The molecule has 1 aliphatic heterocycles. The zero-order valence-corrected chi connectivity index (χ0v) is 29.2. The Morgan fingerprint density at radius 3 is 2.28 bits per heavy atom. The van der Waals surface area contributed by atoms with Crippen LogP contribution in [0.25, 0.3) is 11.1 Å². The molecule has 1 aliphatic carbocycles. The Balaban J connectivity index is 1.08. The zero-order valence-electron chi connectivity index (χ0n) is 28.4. The first kappa shape index (κ1) is 33.4. The van der Waals surface area contributed by atoms with E-state index in [1.54, 1.807) is 0 Å². The van der Waals surface area contributed by atoms with Crippen molar-refractivity contribution >= 4 is 22.9 Å². The molecule has 246 valence electrons. The van der Waals surface area contributed by atoms with E-state index in [1.807, 2.05) is 11.8 Å². The molecule has 0 radical (unpaired) electrons. The number of rotatable bonds is 12. The molecule has 4 heteroatoms. The Kier molecular flexibility index (Phi) is 11.4. The Labute approximate surface area is 286 Å². The van der Waals surface area contributed by atoms with Crippen molar-refractivity contribution in [2.24, 2.45) is 0 Å². The molecule has 4 aromatic carbocycles. The van der Waals surface area contributed by atoms with Crippen molar-refractivity contribution in [3.05, 3.63) is 125 Å². The smallest absolute Gasteiger partial charge is 0.199 e. The van der Waals surface area contributed by atoms with Gasteiger partial charge in [-0.05, 0) is 138 Å². The molecule has 1 atom stereocenters. The van der Waals surface area contributed by atoms with E-state index in [2.05, 4.69) is 118 Å². The maximum absolute atomic E-state index is 6.28. The third kappa shape index (κ3) is 9.12. The summed E-state index contributed by atoms with van der Waals surface area (Å²) in [4.78, 5) is 1.36. The van der Waals surface area contributed by atoms with Crippen LogP contribution in [0.3, 0.4) is 0 Å². The number of benzene rings is 4. The lowest BCUT2D eigenvalue weighted by atomic mass is 9.87. The van der Waals surface area contributed by atoms with E-state index < -0.39 is 0 Å². The largest absolute Gasteiger partial charge is 0.494 e. The summed E-state index contributed by atoms with van der Waals surface area (Å²) in [5.41, 5.74) is 9.50. The molecule has 1 unspecified atom stereocenters. The van der Waals surface area contributed by atoms with Gasteiger partial charge in [0.2, 0.25) is 0 Å². The van der Waals surface area contributed by atoms with Crippen molar-refractivity contribution in [2.75, 3.05) is 19.0 Å². The summed E-state index contributed by atoms with van der Waals surface area (Å²) in [6.07, 6.45) is 9.72. The van der Waals surface area contributed by atoms with Gasteiger partial charge in [-0.15, -0.1) is 11.8 Å². The SMILES string of the molecule is CC(C)(C)c1ccc(SCCCCCOc2ccc(C3=C(c4ccccc4)CCCc4cc(OC5CCCCO5)ccc43)cc2)cc1. The van der Waals surface area contributed by atoms with Crippen LogP contribution in [0.15, 0.2) is 102 Å². The summed E-state index contributed by atoms with van der Waals surface area (Å²) in [6.45, 7) is 8.33. The molecule has 4 aromatic rings. The highest BCUT2D eigenvalue weighted by atomic mass is 32.2. The van der Waals surface area contributed by atoms with E-state index in [0.29, 0.717) is 0 Å². The van der Waals surface area contributed by atoms with Crippen molar-refractivity contribution in [1.82, 2.24) is 0 Å². The van der Waals surface area contributed by atoms with Gasteiger partial charge in [0.05, 0.1) is 13.2 Å². The first-order chi connectivity index (χ1) is 22.9. The van der Waals surface area contributed by atoms with Crippen LogP contribution < -0.4 is 9.47 Å². The van der Waals surface area contributed by atoms with Crippen molar-refractivity contribution in [1.29, 1.82) is 0 Å². The standard InChI is InChI=1S/C43H50O3S/c1-43(2,3)35-20-25-38(26-21-35)47-30-11-5-9-28-44-36-22-18-33(19-23-36)42-39(32-13-6-4-7-14-32)16-12-15-34-31-37(24-27-40(34)42)46-41-17-8-10-29-45-41/h4,6-7,13-14,18-27,31,41H,5,8-12,15-17,28-30H2,1-3H3. The fourth-order valence-corrected chi connectivity index (χ4v) is 7.49. The predicted molar refractivity (Wildman–Crippen MR) is 198 cm³/mol. The van der Waals surface area contributed by atoms with Crippen LogP contribution in [0.5, 0.6) is 11.5 Å². The summed E-state index contributed by atoms with van der Waals surface area (Å²) in [6, 6.07) is 35.4. The second-order valence-electron chi connectivity index (χ2n) is 13.9. The summed E-state index contributed by atoms with van der Waals surface area (Å²) in [7, 11) is 0. The molecule has 0 bridgehead atoms. The van der Waals surface area contributed by atoms with Gasteiger partial charge in [-0.2, -0.15) is 0 Å². The van der Waals surface area contributed by atoms with E-state index in [9.17, 15) is 0 Å². The second kappa shape index (κ2) is 16.1. The first-order valence-electron chi connectivity index (χ1n) is 17.6. The van der Waals surface area contributed by atoms with Crippen LogP contribution in [0.2, 0.25) is 0 Å². The third-order valence-corrected chi connectivity index (χ3v) is 10.3. The van der Waals surface area contributed by atoms with E-state index in [4.69, 9.17) is 14.2 Å². The molecule has 1 fully saturated rings. The van der Waals surface area contributed by atoms with Gasteiger partial charge in [-0.3, -0.25) is 0 Å². The van der Waals surface area contributed by atoms with E-state index >= 15 is 0 Å². The Bertz CT molecular complexity index is 1590. The van der Waals surface area contributed by atoms with Gasteiger partial charge in [-0.1, -0.05) is 81.4 Å². The average molecular weight is 647 g/mol. The van der Waals surface area contributed by atoms with Crippen LogP contribution in [0.1, 0.15) is 100.0 Å². The highest BCUT2D eigenvalue weighted by Gasteiger charge is 2.22. The lowest BCUT2D eigenvalue weighted by Crippen LogP contribution is -2.25. The topological polar surface area (TPSA) is 27.7 Å². The van der Waals surface area contributed by atoms with E-state index in [1.165, 1.54) is 56.7 Å². The molecule has 6 rings (SSSR count). The number of fused-ring (bicyclic) bond motifs is 1. The van der Waals surface area contributed by atoms with Gasteiger partial charge in [0, 0.05) is 11.3 Å². The predicted octanol–water partition coefficient (Wildman–Crippen LogP) is 11.5. The Hall–Kier alpha value is -3.47. The molecule has 47 heavy (non-hydrogen) atoms. The molecular weight excluding hydrogens is 597 g/mol. The number of unbranched alkanes of at least 4 members (excludes halogenated alkanes) is 2. The number of ether oxygens (including phenoxy) is 3. The average Bonchev–Trinajstić information content (AvgIpc) is 3.28. The van der Waals surface area contributed by atoms with Gasteiger partial charge < -0.3 is 14.2 Å². The monoisotopic (exact) mass is 646 g/mol. The zero-order chi connectivity index (χ0) is 32.5. The number of hydrogen-bond acceptors (Lipinski definition) is 4. The van der Waals surface area contributed by atoms with Gasteiger partial charge in [0.15, 0.2) is 6.29 Å². The first-order valence-corrected chi connectivity index (χ1v) is 18.6. The maximum atomic E-state index is 6.28. The van der Waals surface area contributed by atoms with Gasteiger partial charge in [-0.25, -0.2) is 0 Å².